The van der Waals surface area contributed by atoms with Gasteiger partial charge in [0.1, 0.15) is 6.04 Å². The van der Waals surface area contributed by atoms with Crippen molar-refractivity contribution in [3.8, 4) is 0 Å². The molecule has 0 saturated carbocycles. The van der Waals surface area contributed by atoms with E-state index in [0.717, 1.165) is 12.8 Å². The van der Waals surface area contributed by atoms with E-state index in [2.05, 4.69) is 19.2 Å². The molecule has 0 fully saturated rings. The van der Waals surface area contributed by atoms with Crippen LogP contribution in [0.3, 0.4) is 0 Å². The Morgan fingerprint density at radius 3 is 2.53 bits per heavy atom. The summed E-state index contributed by atoms with van der Waals surface area (Å²) in [4.78, 5) is 11.4. The Balaban J connectivity index is 3.74. The fourth-order valence-corrected chi connectivity index (χ4v) is 1.34. The quantitative estimate of drug-likeness (QED) is 0.632. The van der Waals surface area contributed by atoms with Gasteiger partial charge in [-0.25, -0.2) is 0 Å². The first-order chi connectivity index (χ1) is 7.15. The van der Waals surface area contributed by atoms with Crippen LogP contribution in [-0.4, -0.2) is 25.7 Å². The molecule has 0 radical (unpaired) electrons. The Hall–Kier alpha value is -0.570. The predicted molar refractivity (Wildman–Crippen MR) is 62.8 cm³/mol. The van der Waals surface area contributed by atoms with Crippen LogP contribution >= 0.6 is 0 Å². The van der Waals surface area contributed by atoms with Crippen molar-refractivity contribution in [2.45, 2.75) is 52.5 Å². The standard InChI is InChI=1S/C12H25NO2/c1-5-7-8-11(6-2)9-15-12(14)10(3)13-4/h10-11,13H,5-9H2,1-4H3. The van der Waals surface area contributed by atoms with Crippen LogP contribution in [0, 0.1) is 5.92 Å². The van der Waals surface area contributed by atoms with E-state index >= 15 is 0 Å². The van der Waals surface area contributed by atoms with E-state index in [4.69, 9.17) is 4.74 Å². The van der Waals surface area contributed by atoms with Crippen LogP contribution in [0.2, 0.25) is 0 Å². The van der Waals surface area contributed by atoms with Gasteiger partial charge in [0.2, 0.25) is 0 Å². The number of carbonyl (C=O) groups excluding carboxylic acids is 1. The Morgan fingerprint density at radius 2 is 2.07 bits per heavy atom. The Bertz CT molecular complexity index is 171. The molecule has 0 aromatic rings. The molecule has 90 valence electrons. The van der Waals surface area contributed by atoms with Crippen molar-refractivity contribution in [3.05, 3.63) is 0 Å². The average Bonchev–Trinajstić information content (AvgIpc) is 2.27. The number of likely N-dealkylation sites (N-methyl/N-ethyl adjacent to an activating group) is 1. The molecule has 0 aliphatic carbocycles. The number of hydrogen-bond acceptors (Lipinski definition) is 3. The summed E-state index contributed by atoms with van der Waals surface area (Å²) in [6.07, 6.45) is 4.67. The summed E-state index contributed by atoms with van der Waals surface area (Å²) >= 11 is 0. The van der Waals surface area contributed by atoms with Crippen molar-refractivity contribution in [3.63, 3.8) is 0 Å². The summed E-state index contributed by atoms with van der Waals surface area (Å²) in [5.74, 6) is 0.380. The zero-order valence-electron chi connectivity index (χ0n) is 10.5. The molecule has 1 N–H and O–H groups in total. The smallest absolute Gasteiger partial charge is 0.322 e. The molecule has 0 heterocycles. The van der Waals surface area contributed by atoms with Crippen molar-refractivity contribution in [1.82, 2.24) is 5.32 Å². The van der Waals surface area contributed by atoms with Crippen molar-refractivity contribution in [2.24, 2.45) is 5.92 Å². The minimum absolute atomic E-state index is 0.146. The minimum Gasteiger partial charge on any atom is -0.464 e. The fraction of sp³-hybridized carbons (Fsp3) is 0.917. The van der Waals surface area contributed by atoms with Gasteiger partial charge in [0.05, 0.1) is 6.61 Å². The van der Waals surface area contributed by atoms with E-state index in [1.54, 1.807) is 7.05 Å². The lowest BCUT2D eigenvalue weighted by Crippen LogP contribution is -2.33. The first-order valence-electron chi connectivity index (χ1n) is 5.99. The van der Waals surface area contributed by atoms with Crippen molar-refractivity contribution in [1.29, 1.82) is 0 Å². The van der Waals surface area contributed by atoms with Crippen LogP contribution < -0.4 is 5.32 Å². The molecule has 0 aliphatic heterocycles. The third-order valence-electron chi connectivity index (χ3n) is 2.79. The van der Waals surface area contributed by atoms with Crippen molar-refractivity contribution in [2.75, 3.05) is 13.7 Å². The zero-order chi connectivity index (χ0) is 11.7. The third kappa shape index (κ3) is 6.50. The summed E-state index contributed by atoms with van der Waals surface area (Å²) in [7, 11) is 1.76. The summed E-state index contributed by atoms with van der Waals surface area (Å²) in [6, 6.07) is -0.200. The van der Waals surface area contributed by atoms with Crippen LogP contribution in [0.15, 0.2) is 0 Å². The van der Waals surface area contributed by atoms with Crippen molar-refractivity contribution >= 4 is 5.97 Å². The first kappa shape index (κ1) is 14.4. The summed E-state index contributed by atoms with van der Waals surface area (Å²) in [5, 5.41) is 2.88. The lowest BCUT2D eigenvalue weighted by Gasteiger charge is -2.16. The molecule has 0 aliphatic rings. The molecular weight excluding hydrogens is 190 g/mol. The maximum Gasteiger partial charge on any atom is 0.322 e. The highest BCUT2D eigenvalue weighted by Crippen LogP contribution is 2.13. The van der Waals surface area contributed by atoms with Gasteiger partial charge in [-0.3, -0.25) is 4.79 Å². The number of carbonyl (C=O) groups is 1. The number of hydrogen-bond donors (Lipinski definition) is 1. The van der Waals surface area contributed by atoms with Crippen LogP contribution in [0.5, 0.6) is 0 Å². The minimum atomic E-state index is -0.200. The van der Waals surface area contributed by atoms with Crippen LogP contribution in [0.25, 0.3) is 0 Å². The molecule has 0 spiro atoms. The molecule has 3 heteroatoms. The largest absolute Gasteiger partial charge is 0.464 e. The lowest BCUT2D eigenvalue weighted by atomic mass is 10.0. The molecule has 0 bridgehead atoms. The van der Waals surface area contributed by atoms with Gasteiger partial charge in [-0.2, -0.15) is 0 Å². The van der Waals surface area contributed by atoms with Gasteiger partial charge in [0, 0.05) is 0 Å². The molecular formula is C12H25NO2. The Labute approximate surface area is 93.6 Å². The molecule has 0 rings (SSSR count). The molecule has 15 heavy (non-hydrogen) atoms. The number of ether oxygens (including phenoxy) is 1. The van der Waals surface area contributed by atoms with Gasteiger partial charge in [-0.05, 0) is 26.3 Å². The third-order valence-corrected chi connectivity index (χ3v) is 2.79. The first-order valence-corrected chi connectivity index (χ1v) is 5.99. The number of rotatable bonds is 8. The number of nitrogens with one attached hydrogen (secondary N) is 1. The maximum absolute atomic E-state index is 11.4. The average molecular weight is 215 g/mol. The summed E-state index contributed by atoms with van der Waals surface area (Å²) in [5.41, 5.74) is 0. The molecule has 3 nitrogen and oxygen atoms in total. The molecule has 0 amide bonds. The monoisotopic (exact) mass is 215 g/mol. The maximum atomic E-state index is 11.4. The predicted octanol–water partition coefficient (Wildman–Crippen LogP) is 2.35. The van der Waals surface area contributed by atoms with Gasteiger partial charge < -0.3 is 10.1 Å². The van der Waals surface area contributed by atoms with Gasteiger partial charge in [-0.15, -0.1) is 0 Å². The molecule has 0 aromatic heterocycles. The van der Waals surface area contributed by atoms with E-state index in [1.165, 1.54) is 12.8 Å². The fourth-order valence-electron chi connectivity index (χ4n) is 1.34. The normalized spacial score (nSPS) is 14.7. The van der Waals surface area contributed by atoms with Gasteiger partial charge >= 0.3 is 5.97 Å². The molecule has 0 aromatic carbocycles. The van der Waals surface area contributed by atoms with Gasteiger partial charge in [0.25, 0.3) is 0 Å². The van der Waals surface area contributed by atoms with E-state index in [1.807, 2.05) is 6.92 Å². The number of unbranched alkanes of at least 4 members (excludes halogenated alkanes) is 1. The SMILES string of the molecule is CCCCC(CC)COC(=O)C(C)NC. The second-order valence-corrected chi connectivity index (χ2v) is 4.06. The summed E-state index contributed by atoms with van der Waals surface area (Å²) < 4.78 is 5.24. The van der Waals surface area contributed by atoms with Crippen LogP contribution in [0.1, 0.15) is 46.5 Å². The van der Waals surface area contributed by atoms with Crippen molar-refractivity contribution < 1.29 is 9.53 Å². The Kier molecular flexibility index (Phi) is 8.38. The van der Waals surface area contributed by atoms with E-state index in [9.17, 15) is 4.79 Å². The highest BCUT2D eigenvalue weighted by Gasteiger charge is 2.14. The topological polar surface area (TPSA) is 38.3 Å². The van der Waals surface area contributed by atoms with E-state index in [-0.39, 0.29) is 12.0 Å². The van der Waals surface area contributed by atoms with Gasteiger partial charge in [0.15, 0.2) is 0 Å². The Morgan fingerprint density at radius 1 is 1.40 bits per heavy atom. The highest BCUT2D eigenvalue weighted by molar-refractivity contribution is 5.75. The zero-order valence-corrected chi connectivity index (χ0v) is 10.5. The van der Waals surface area contributed by atoms with E-state index in [0.29, 0.717) is 12.5 Å². The second-order valence-electron chi connectivity index (χ2n) is 4.06. The second kappa shape index (κ2) is 8.72. The highest BCUT2D eigenvalue weighted by atomic mass is 16.5. The molecule has 2 unspecified atom stereocenters. The lowest BCUT2D eigenvalue weighted by molar-refractivity contribution is -0.147. The molecule has 2 atom stereocenters. The van der Waals surface area contributed by atoms with Gasteiger partial charge in [-0.1, -0.05) is 33.1 Å². The molecule has 0 saturated heterocycles. The van der Waals surface area contributed by atoms with Crippen LogP contribution in [-0.2, 0) is 9.53 Å². The number of esters is 1. The van der Waals surface area contributed by atoms with Crippen LogP contribution in [0.4, 0.5) is 0 Å². The summed E-state index contributed by atoms with van der Waals surface area (Å²) in [6.45, 7) is 6.72. The van der Waals surface area contributed by atoms with E-state index < -0.39 is 0 Å².